The first kappa shape index (κ1) is 12.8. The Kier molecular flexibility index (Phi) is 3.37. The Labute approximate surface area is 119 Å². The average molecular weight is 324 g/mol. The molecule has 19 heavy (non-hydrogen) atoms. The number of rotatable bonds is 2. The Hall–Kier alpha value is -1.26. The summed E-state index contributed by atoms with van der Waals surface area (Å²) >= 11 is 3.44. The van der Waals surface area contributed by atoms with Crippen molar-refractivity contribution in [2.45, 2.75) is 19.6 Å². The van der Waals surface area contributed by atoms with Crippen LogP contribution in [-0.4, -0.2) is 4.90 Å². The molecule has 98 valence electrons. The predicted molar refractivity (Wildman–Crippen MR) is 73.5 cm³/mol. The summed E-state index contributed by atoms with van der Waals surface area (Å²) in [5.41, 5.74) is 2.90. The molecule has 4 heteroatoms. The lowest BCUT2D eigenvalue weighted by molar-refractivity contribution is 0.270. The van der Waals surface area contributed by atoms with Crippen molar-refractivity contribution < 1.29 is 8.78 Å². The van der Waals surface area contributed by atoms with Crippen LogP contribution in [0.4, 0.5) is 8.78 Å². The normalized spacial score (nSPS) is 14.7. The number of hydrogen-bond acceptors (Lipinski definition) is 1. The van der Waals surface area contributed by atoms with Gasteiger partial charge in [0.2, 0.25) is 0 Å². The van der Waals surface area contributed by atoms with Crippen molar-refractivity contribution in [1.82, 2.24) is 4.90 Å². The van der Waals surface area contributed by atoms with Crippen LogP contribution >= 0.6 is 15.9 Å². The minimum absolute atomic E-state index is 0.349. The van der Waals surface area contributed by atoms with E-state index >= 15 is 0 Å². The first-order valence-corrected chi connectivity index (χ1v) is 6.85. The molecule has 3 rings (SSSR count). The van der Waals surface area contributed by atoms with E-state index in [4.69, 9.17) is 0 Å². The molecule has 2 aromatic carbocycles. The van der Waals surface area contributed by atoms with E-state index in [-0.39, 0.29) is 5.82 Å². The summed E-state index contributed by atoms with van der Waals surface area (Å²) in [5, 5.41) is 0. The van der Waals surface area contributed by atoms with Gasteiger partial charge < -0.3 is 0 Å². The lowest BCUT2D eigenvalue weighted by atomic mass is 10.1. The molecule has 0 amide bonds. The van der Waals surface area contributed by atoms with Gasteiger partial charge in [-0.05, 0) is 41.5 Å². The Morgan fingerprint density at radius 2 is 1.79 bits per heavy atom. The maximum atomic E-state index is 13.6. The summed E-state index contributed by atoms with van der Waals surface area (Å²) < 4.78 is 27.8. The fraction of sp³-hybridized carbons (Fsp3) is 0.200. The summed E-state index contributed by atoms with van der Waals surface area (Å²) in [6.07, 6.45) is 0. The summed E-state index contributed by atoms with van der Waals surface area (Å²) in [7, 11) is 0. The SMILES string of the molecule is Fc1ccc(F)c(CN2Cc3ccc(Br)cc3C2)c1. The van der Waals surface area contributed by atoms with Gasteiger partial charge in [0, 0.05) is 29.7 Å². The highest BCUT2D eigenvalue weighted by molar-refractivity contribution is 9.10. The molecule has 0 aliphatic carbocycles. The van der Waals surface area contributed by atoms with E-state index < -0.39 is 5.82 Å². The third-order valence-electron chi connectivity index (χ3n) is 3.36. The van der Waals surface area contributed by atoms with Crippen LogP contribution in [-0.2, 0) is 19.6 Å². The second-order valence-corrected chi connectivity index (χ2v) is 5.71. The van der Waals surface area contributed by atoms with Crippen LogP contribution in [0.3, 0.4) is 0 Å². The summed E-state index contributed by atoms with van der Waals surface area (Å²) in [6, 6.07) is 9.76. The van der Waals surface area contributed by atoms with Gasteiger partial charge in [-0.2, -0.15) is 0 Å². The third-order valence-corrected chi connectivity index (χ3v) is 3.85. The van der Waals surface area contributed by atoms with Gasteiger partial charge in [0.1, 0.15) is 11.6 Å². The quantitative estimate of drug-likeness (QED) is 0.798. The van der Waals surface area contributed by atoms with Crippen LogP contribution in [0.2, 0.25) is 0 Å². The smallest absolute Gasteiger partial charge is 0.127 e. The van der Waals surface area contributed by atoms with Gasteiger partial charge in [-0.25, -0.2) is 8.78 Å². The molecule has 0 radical (unpaired) electrons. The van der Waals surface area contributed by atoms with Gasteiger partial charge in [0.05, 0.1) is 0 Å². The molecule has 0 saturated heterocycles. The fourth-order valence-corrected chi connectivity index (χ4v) is 2.86. The van der Waals surface area contributed by atoms with Crippen molar-refractivity contribution >= 4 is 15.9 Å². The van der Waals surface area contributed by atoms with Gasteiger partial charge in [-0.1, -0.05) is 22.0 Å². The molecule has 0 N–H and O–H groups in total. The molecule has 0 spiro atoms. The maximum absolute atomic E-state index is 13.6. The summed E-state index contributed by atoms with van der Waals surface area (Å²) in [4.78, 5) is 2.11. The molecule has 1 aliphatic heterocycles. The molecular formula is C15H12BrF2N. The lowest BCUT2D eigenvalue weighted by Crippen LogP contribution is -2.16. The minimum atomic E-state index is -0.393. The van der Waals surface area contributed by atoms with E-state index in [1.807, 2.05) is 6.07 Å². The minimum Gasteiger partial charge on any atom is -0.290 e. The van der Waals surface area contributed by atoms with Gasteiger partial charge in [0.15, 0.2) is 0 Å². The Morgan fingerprint density at radius 3 is 2.63 bits per heavy atom. The van der Waals surface area contributed by atoms with Gasteiger partial charge in [0.25, 0.3) is 0 Å². The fourth-order valence-electron chi connectivity index (χ4n) is 2.45. The summed E-state index contributed by atoms with van der Waals surface area (Å²) in [5.74, 6) is -0.741. The molecule has 1 aliphatic rings. The number of fused-ring (bicyclic) bond motifs is 1. The van der Waals surface area contributed by atoms with E-state index in [1.54, 1.807) is 0 Å². The van der Waals surface area contributed by atoms with E-state index in [9.17, 15) is 8.78 Å². The second kappa shape index (κ2) is 5.02. The van der Waals surface area contributed by atoms with Crippen molar-refractivity contribution in [1.29, 1.82) is 0 Å². The van der Waals surface area contributed by atoms with Crippen molar-refractivity contribution in [2.75, 3.05) is 0 Å². The summed E-state index contributed by atoms with van der Waals surface area (Å²) in [6.45, 7) is 1.97. The zero-order valence-electron chi connectivity index (χ0n) is 10.2. The van der Waals surface area contributed by atoms with E-state index in [2.05, 4.69) is 33.0 Å². The van der Waals surface area contributed by atoms with Crippen molar-refractivity contribution in [2.24, 2.45) is 0 Å². The average Bonchev–Trinajstić information content (AvgIpc) is 2.75. The standard InChI is InChI=1S/C15H12BrF2N/c16-13-2-1-10-7-19(8-11(10)5-13)9-12-6-14(17)3-4-15(12)18/h1-6H,7-9H2. The largest absolute Gasteiger partial charge is 0.290 e. The molecule has 0 fully saturated rings. The van der Waals surface area contributed by atoms with Crippen molar-refractivity contribution in [3.8, 4) is 0 Å². The van der Waals surface area contributed by atoms with Gasteiger partial charge >= 0.3 is 0 Å². The highest BCUT2D eigenvalue weighted by Gasteiger charge is 2.20. The number of hydrogen-bond donors (Lipinski definition) is 0. The molecule has 0 aromatic heterocycles. The molecule has 0 bridgehead atoms. The highest BCUT2D eigenvalue weighted by Crippen LogP contribution is 2.27. The monoisotopic (exact) mass is 323 g/mol. The van der Waals surface area contributed by atoms with Crippen molar-refractivity contribution in [3.63, 3.8) is 0 Å². The molecule has 1 heterocycles. The van der Waals surface area contributed by atoms with Gasteiger partial charge in [-0.3, -0.25) is 4.90 Å². The molecular weight excluding hydrogens is 312 g/mol. The number of halogens is 3. The van der Waals surface area contributed by atoms with Gasteiger partial charge in [-0.15, -0.1) is 0 Å². The van der Waals surface area contributed by atoms with Crippen LogP contribution in [0.15, 0.2) is 40.9 Å². The second-order valence-electron chi connectivity index (χ2n) is 4.79. The molecule has 0 unspecified atom stereocenters. The molecule has 0 saturated carbocycles. The molecule has 2 aromatic rings. The van der Waals surface area contributed by atoms with Crippen LogP contribution in [0.25, 0.3) is 0 Å². The molecule has 1 nitrogen and oxygen atoms in total. The molecule has 0 atom stereocenters. The predicted octanol–water partition coefficient (Wildman–Crippen LogP) is 4.24. The number of nitrogens with zero attached hydrogens (tertiary/aromatic N) is 1. The van der Waals surface area contributed by atoms with Crippen LogP contribution in [0, 0.1) is 11.6 Å². The van der Waals surface area contributed by atoms with E-state index in [1.165, 1.54) is 23.3 Å². The first-order chi connectivity index (χ1) is 9.11. The highest BCUT2D eigenvalue weighted by atomic mass is 79.9. The third kappa shape index (κ3) is 2.69. The maximum Gasteiger partial charge on any atom is 0.127 e. The zero-order valence-corrected chi connectivity index (χ0v) is 11.8. The van der Waals surface area contributed by atoms with Crippen LogP contribution < -0.4 is 0 Å². The lowest BCUT2D eigenvalue weighted by Gasteiger charge is -2.15. The zero-order chi connectivity index (χ0) is 13.4. The Morgan fingerprint density at radius 1 is 1.00 bits per heavy atom. The van der Waals surface area contributed by atoms with E-state index in [0.29, 0.717) is 12.1 Å². The topological polar surface area (TPSA) is 3.24 Å². The van der Waals surface area contributed by atoms with Crippen molar-refractivity contribution in [3.05, 3.63) is 69.2 Å². The van der Waals surface area contributed by atoms with Crippen LogP contribution in [0.1, 0.15) is 16.7 Å². The Bertz CT molecular complexity index is 628. The van der Waals surface area contributed by atoms with Crippen LogP contribution in [0.5, 0.6) is 0 Å². The number of benzene rings is 2. The Balaban J connectivity index is 1.78. The first-order valence-electron chi connectivity index (χ1n) is 6.05. The van der Waals surface area contributed by atoms with E-state index in [0.717, 1.165) is 23.6 Å².